The van der Waals surface area contributed by atoms with Crippen LogP contribution < -0.4 is 0 Å². The fraction of sp³-hybridized carbons (Fsp3) is 0.333. The number of fused-ring (bicyclic) bond motifs is 7. The molecule has 4 aliphatic rings. The normalized spacial score (nSPS) is 30.3. The monoisotopic (exact) mass is 341 g/mol. The summed E-state index contributed by atoms with van der Waals surface area (Å²) in [5.41, 5.74) is 7.22. The SMILES string of the molecule is CC1C=Cc2c(ccc3c2c2c(n3CC3CO3)C=CC3C=CC=CC23)C1. The molecule has 0 N–H and O–H groups in total. The van der Waals surface area contributed by atoms with Crippen molar-refractivity contribution >= 4 is 23.1 Å². The molecular formula is C24H23NO. The molecule has 4 unspecified atom stereocenters. The molecule has 3 aliphatic carbocycles. The van der Waals surface area contributed by atoms with Gasteiger partial charge in [0, 0.05) is 28.4 Å². The molecule has 2 heteroatoms. The average molecular weight is 341 g/mol. The first-order valence-electron chi connectivity index (χ1n) is 9.80. The fourth-order valence-electron chi connectivity index (χ4n) is 5.00. The van der Waals surface area contributed by atoms with Crippen molar-refractivity contribution < 1.29 is 4.74 Å². The van der Waals surface area contributed by atoms with E-state index in [1.54, 1.807) is 0 Å². The van der Waals surface area contributed by atoms with Crippen molar-refractivity contribution in [3.8, 4) is 0 Å². The second kappa shape index (κ2) is 5.34. The predicted octanol–water partition coefficient (Wildman–Crippen LogP) is 5.10. The van der Waals surface area contributed by atoms with Crippen molar-refractivity contribution in [3.63, 3.8) is 0 Å². The summed E-state index contributed by atoms with van der Waals surface area (Å²) in [4.78, 5) is 0. The molecule has 0 saturated carbocycles. The Hall–Kier alpha value is -2.32. The molecule has 130 valence electrons. The minimum Gasteiger partial charge on any atom is -0.371 e. The zero-order valence-electron chi connectivity index (χ0n) is 15.1. The van der Waals surface area contributed by atoms with Gasteiger partial charge in [0.1, 0.15) is 0 Å². The molecule has 1 fully saturated rings. The third-order valence-electron chi connectivity index (χ3n) is 6.35. The Bertz CT molecular complexity index is 1030. The smallest absolute Gasteiger partial charge is 0.0988 e. The van der Waals surface area contributed by atoms with Crippen LogP contribution in [0.4, 0.5) is 0 Å². The summed E-state index contributed by atoms with van der Waals surface area (Å²) < 4.78 is 8.08. The highest BCUT2D eigenvalue weighted by molar-refractivity contribution is 5.98. The molecule has 0 radical (unpaired) electrons. The summed E-state index contributed by atoms with van der Waals surface area (Å²) in [6, 6.07) is 4.71. The molecule has 1 aromatic carbocycles. The first-order valence-corrected chi connectivity index (χ1v) is 9.80. The van der Waals surface area contributed by atoms with E-state index < -0.39 is 0 Å². The van der Waals surface area contributed by atoms with Crippen molar-refractivity contribution in [3.05, 3.63) is 71.0 Å². The standard InChI is InChI=1S/C24H23NO/c1-15-6-9-20-17(12-15)8-11-22-24(20)23-19-5-3-2-4-16(19)7-10-21(23)25(22)13-18-14-26-18/h2-11,15-16,18-19H,12-14H2,1H3. The van der Waals surface area contributed by atoms with Crippen LogP contribution in [0.25, 0.3) is 23.1 Å². The van der Waals surface area contributed by atoms with E-state index in [-0.39, 0.29) is 0 Å². The van der Waals surface area contributed by atoms with Gasteiger partial charge in [0.15, 0.2) is 0 Å². The van der Waals surface area contributed by atoms with E-state index in [9.17, 15) is 0 Å². The van der Waals surface area contributed by atoms with Crippen molar-refractivity contribution in [2.24, 2.45) is 11.8 Å². The maximum absolute atomic E-state index is 5.57. The second-order valence-electron chi connectivity index (χ2n) is 8.17. The molecule has 2 aromatic rings. The third-order valence-corrected chi connectivity index (χ3v) is 6.35. The summed E-state index contributed by atoms with van der Waals surface area (Å²) in [6.07, 6.45) is 20.1. The van der Waals surface area contributed by atoms with Crippen LogP contribution in [0, 0.1) is 11.8 Å². The molecule has 0 bridgehead atoms. The minimum atomic E-state index is 0.384. The summed E-state index contributed by atoms with van der Waals surface area (Å²) in [6.45, 7) is 4.17. The summed E-state index contributed by atoms with van der Waals surface area (Å²) in [5, 5.41) is 1.47. The van der Waals surface area contributed by atoms with Crippen LogP contribution in [-0.2, 0) is 17.7 Å². The number of ether oxygens (including phenoxy) is 1. The van der Waals surface area contributed by atoms with Gasteiger partial charge in [-0.3, -0.25) is 0 Å². The number of hydrogen-bond acceptors (Lipinski definition) is 1. The summed E-state index contributed by atoms with van der Waals surface area (Å²) in [7, 11) is 0. The first-order chi connectivity index (χ1) is 12.8. The molecular weight excluding hydrogens is 318 g/mol. The summed E-state index contributed by atoms with van der Waals surface area (Å²) >= 11 is 0. The lowest BCUT2D eigenvalue weighted by molar-refractivity contribution is 0.384. The van der Waals surface area contributed by atoms with Gasteiger partial charge >= 0.3 is 0 Å². The van der Waals surface area contributed by atoms with Crippen LogP contribution in [-0.4, -0.2) is 17.3 Å². The average Bonchev–Trinajstić information content (AvgIpc) is 3.43. The van der Waals surface area contributed by atoms with Gasteiger partial charge < -0.3 is 9.30 Å². The molecule has 2 nitrogen and oxygen atoms in total. The van der Waals surface area contributed by atoms with E-state index in [4.69, 9.17) is 4.74 Å². The van der Waals surface area contributed by atoms with Crippen LogP contribution in [0.1, 0.15) is 35.2 Å². The highest BCUT2D eigenvalue weighted by Crippen LogP contribution is 2.46. The molecule has 6 rings (SSSR count). The molecule has 1 aliphatic heterocycles. The zero-order valence-corrected chi connectivity index (χ0v) is 15.1. The quantitative estimate of drug-likeness (QED) is 0.695. The highest BCUT2D eigenvalue weighted by Gasteiger charge is 2.33. The number of epoxide rings is 1. The van der Waals surface area contributed by atoms with Crippen molar-refractivity contribution in [2.75, 3.05) is 6.61 Å². The van der Waals surface area contributed by atoms with E-state index in [1.807, 2.05) is 0 Å². The zero-order chi connectivity index (χ0) is 17.3. The van der Waals surface area contributed by atoms with E-state index >= 15 is 0 Å². The second-order valence-corrected chi connectivity index (χ2v) is 8.17. The van der Waals surface area contributed by atoms with Crippen molar-refractivity contribution in [2.45, 2.75) is 31.9 Å². The van der Waals surface area contributed by atoms with E-state index in [2.05, 4.69) is 72.2 Å². The Morgan fingerprint density at radius 3 is 2.85 bits per heavy atom. The van der Waals surface area contributed by atoms with Crippen LogP contribution >= 0.6 is 0 Å². The Morgan fingerprint density at radius 1 is 1.08 bits per heavy atom. The van der Waals surface area contributed by atoms with Crippen LogP contribution in [0.2, 0.25) is 0 Å². The number of nitrogens with zero attached hydrogens (tertiary/aromatic N) is 1. The number of hydrogen-bond donors (Lipinski definition) is 0. The summed E-state index contributed by atoms with van der Waals surface area (Å²) in [5.74, 6) is 1.55. The van der Waals surface area contributed by atoms with Crippen molar-refractivity contribution in [1.29, 1.82) is 0 Å². The molecule has 1 aromatic heterocycles. The van der Waals surface area contributed by atoms with Gasteiger partial charge in [0.05, 0.1) is 19.3 Å². The number of allylic oxidation sites excluding steroid dienone is 6. The fourth-order valence-corrected chi connectivity index (χ4v) is 5.00. The lowest BCUT2D eigenvalue weighted by atomic mass is 9.77. The molecule has 26 heavy (non-hydrogen) atoms. The van der Waals surface area contributed by atoms with Crippen LogP contribution in [0.3, 0.4) is 0 Å². The molecule has 1 saturated heterocycles. The predicted molar refractivity (Wildman–Crippen MR) is 107 cm³/mol. The van der Waals surface area contributed by atoms with Gasteiger partial charge in [-0.25, -0.2) is 0 Å². The lowest BCUT2D eigenvalue weighted by Crippen LogP contribution is -2.15. The van der Waals surface area contributed by atoms with Crippen LogP contribution in [0.15, 0.2) is 48.6 Å². The lowest BCUT2D eigenvalue weighted by Gasteiger charge is -2.27. The Labute approximate surface area is 154 Å². The van der Waals surface area contributed by atoms with E-state index in [1.165, 1.54) is 33.3 Å². The topological polar surface area (TPSA) is 17.5 Å². The maximum Gasteiger partial charge on any atom is 0.0988 e. The highest BCUT2D eigenvalue weighted by atomic mass is 16.6. The van der Waals surface area contributed by atoms with Gasteiger partial charge in [0.2, 0.25) is 0 Å². The number of rotatable bonds is 2. The van der Waals surface area contributed by atoms with E-state index in [0.717, 1.165) is 19.6 Å². The maximum atomic E-state index is 5.57. The van der Waals surface area contributed by atoms with Gasteiger partial charge in [-0.1, -0.05) is 55.5 Å². The Morgan fingerprint density at radius 2 is 1.96 bits per heavy atom. The van der Waals surface area contributed by atoms with Crippen LogP contribution in [0.5, 0.6) is 0 Å². The third kappa shape index (κ3) is 2.09. The largest absolute Gasteiger partial charge is 0.371 e. The number of aromatic nitrogens is 1. The van der Waals surface area contributed by atoms with E-state index in [0.29, 0.717) is 23.9 Å². The Kier molecular flexibility index (Phi) is 3.04. The molecule has 2 heterocycles. The molecule has 4 atom stereocenters. The number of benzene rings is 1. The molecule has 0 spiro atoms. The van der Waals surface area contributed by atoms with Gasteiger partial charge in [0.25, 0.3) is 0 Å². The molecule has 0 amide bonds. The van der Waals surface area contributed by atoms with Crippen molar-refractivity contribution in [1.82, 2.24) is 4.57 Å². The minimum absolute atomic E-state index is 0.384. The van der Waals surface area contributed by atoms with Gasteiger partial charge in [-0.05, 0) is 41.2 Å². The van der Waals surface area contributed by atoms with Gasteiger partial charge in [-0.15, -0.1) is 0 Å². The van der Waals surface area contributed by atoms with Gasteiger partial charge in [-0.2, -0.15) is 0 Å². The first kappa shape index (κ1) is 14.8. The Balaban J connectivity index is 1.67.